The summed E-state index contributed by atoms with van der Waals surface area (Å²) in [5.41, 5.74) is 3.72. The molecule has 0 aliphatic carbocycles. The Kier molecular flexibility index (Phi) is 10.4. The van der Waals surface area contributed by atoms with Gasteiger partial charge in [0.05, 0.1) is 4.91 Å². The Labute approximate surface area is 227 Å². The van der Waals surface area contributed by atoms with Gasteiger partial charge in [0.15, 0.2) is 5.17 Å². The minimum Gasteiger partial charge on any atom is -0.409 e. The van der Waals surface area contributed by atoms with Crippen molar-refractivity contribution < 1.29 is 18.7 Å². The van der Waals surface area contributed by atoms with E-state index in [1.54, 1.807) is 11.0 Å². The first-order valence-corrected chi connectivity index (χ1v) is 12.9. The van der Waals surface area contributed by atoms with Gasteiger partial charge in [-0.1, -0.05) is 0 Å². The van der Waals surface area contributed by atoms with E-state index in [0.29, 0.717) is 34.8 Å². The SMILES string of the molecule is Cl.Cl.O=C1N=C(N2CCCCN2)S/C1=C/c1ccc(F)cc1OC(=O)N1CCC(N2CCCC2)CC1. The van der Waals surface area contributed by atoms with Crippen LogP contribution in [0.15, 0.2) is 28.1 Å². The van der Waals surface area contributed by atoms with Gasteiger partial charge in [-0.3, -0.25) is 9.80 Å². The summed E-state index contributed by atoms with van der Waals surface area (Å²) in [4.78, 5) is 34.1. The molecule has 4 aliphatic rings. The molecular weight excluding hydrogens is 528 g/mol. The molecule has 0 unspecified atom stereocenters. The minimum atomic E-state index is -0.502. The van der Waals surface area contributed by atoms with Crippen LogP contribution in [0.1, 0.15) is 44.1 Å². The summed E-state index contributed by atoms with van der Waals surface area (Å²) in [7, 11) is 0. The Morgan fingerprint density at radius 2 is 1.81 bits per heavy atom. The average Bonchev–Trinajstić information content (AvgIpc) is 3.52. The number of ether oxygens (including phenoxy) is 1. The van der Waals surface area contributed by atoms with Crippen LogP contribution in [0.3, 0.4) is 0 Å². The van der Waals surface area contributed by atoms with Crippen LogP contribution < -0.4 is 10.2 Å². The number of hydrazine groups is 1. The molecule has 0 atom stereocenters. The second-order valence-electron chi connectivity index (χ2n) is 9.09. The zero-order chi connectivity index (χ0) is 23.5. The van der Waals surface area contributed by atoms with Crippen LogP contribution >= 0.6 is 36.6 Å². The molecule has 0 radical (unpaired) electrons. The maximum Gasteiger partial charge on any atom is 0.415 e. The Morgan fingerprint density at radius 1 is 1.08 bits per heavy atom. The molecule has 0 spiro atoms. The van der Waals surface area contributed by atoms with E-state index in [0.717, 1.165) is 51.9 Å². The Morgan fingerprint density at radius 3 is 2.50 bits per heavy atom. The third-order valence-corrected chi connectivity index (χ3v) is 7.80. The van der Waals surface area contributed by atoms with Crippen LogP contribution in [-0.2, 0) is 4.79 Å². The number of benzene rings is 1. The number of amides is 2. The molecule has 2 amide bonds. The van der Waals surface area contributed by atoms with Gasteiger partial charge in [0.25, 0.3) is 5.91 Å². The van der Waals surface area contributed by atoms with Gasteiger partial charge in [0, 0.05) is 43.9 Å². The summed E-state index contributed by atoms with van der Waals surface area (Å²) in [6.07, 6.45) is 7.61. The summed E-state index contributed by atoms with van der Waals surface area (Å²) in [6, 6.07) is 4.54. The lowest BCUT2D eigenvalue weighted by Gasteiger charge is -2.36. The van der Waals surface area contributed by atoms with Crippen LogP contribution in [0, 0.1) is 5.82 Å². The molecule has 12 heteroatoms. The Balaban J connectivity index is 0.00000180. The van der Waals surface area contributed by atoms with Gasteiger partial charge in [-0.15, -0.1) is 24.8 Å². The van der Waals surface area contributed by atoms with E-state index >= 15 is 0 Å². The van der Waals surface area contributed by atoms with Crippen molar-refractivity contribution in [3.63, 3.8) is 0 Å². The van der Waals surface area contributed by atoms with Crippen molar-refractivity contribution in [1.82, 2.24) is 20.2 Å². The minimum absolute atomic E-state index is 0. The molecule has 1 aromatic carbocycles. The highest BCUT2D eigenvalue weighted by molar-refractivity contribution is 8.18. The van der Waals surface area contributed by atoms with Gasteiger partial charge in [0.1, 0.15) is 11.6 Å². The number of hydrogen-bond donors (Lipinski definition) is 1. The molecule has 3 fully saturated rings. The van der Waals surface area contributed by atoms with E-state index in [-0.39, 0.29) is 36.5 Å². The number of halogens is 3. The largest absolute Gasteiger partial charge is 0.415 e. The van der Waals surface area contributed by atoms with Gasteiger partial charge < -0.3 is 14.5 Å². The van der Waals surface area contributed by atoms with Crippen LogP contribution in [-0.4, -0.2) is 77.3 Å². The molecule has 0 saturated carbocycles. The van der Waals surface area contributed by atoms with Crippen molar-refractivity contribution in [2.45, 2.75) is 44.6 Å². The summed E-state index contributed by atoms with van der Waals surface area (Å²) in [5, 5.41) is 2.50. The van der Waals surface area contributed by atoms with Crippen molar-refractivity contribution >= 4 is 59.8 Å². The second-order valence-corrected chi connectivity index (χ2v) is 10.1. The molecule has 0 aromatic heterocycles. The lowest BCUT2D eigenvalue weighted by atomic mass is 10.0. The summed E-state index contributed by atoms with van der Waals surface area (Å²) in [6.45, 7) is 5.18. The number of hydrogen-bond acceptors (Lipinski definition) is 7. The van der Waals surface area contributed by atoms with Crippen LogP contribution in [0.2, 0.25) is 0 Å². The number of carbonyl (C=O) groups excluding carboxylic acids is 2. The number of likely N-dealkylation sites (tertiary alicyclic amines) is 2. The van der Waals surface area contributed by atoms with Crippen molar-refractivity contribution in [2.75, 3.05) is 39.3 Å². The molecule has 3 saturated heterocycles. The average molecular weight is 561 g/mol. The second kappa shape index (κ2) is 13.1. The molecular formula is C24H32Cl2FN5O3S. The lowest BCUT2D eigenvalue weighted by Crippen LogP contribution is -2.46. The third-order valence-electron chi connectivity index (χ3n) is 6.79. The van der Waals surface area contributed by atoms with Crippen molar-refractivity contribution in [1.29, 1.82) is 0 Å². The number of amidine groups is 1. The number of nitrogens with zero attached hydrogens (tertiary/aromatic N) is 4. The van der Waals surface area contributed by atoms with E-state index in [1.165, 1.54) is 42.8 Å². The molecule has 1 N–H and O–H groups in total. The molecule has 8 nitrogen and oxygen atoms in total. The normalized spacial score (nSPS) is 22.3. The zero-order valence-electron chi connectivity index (χ0n) is 20.0. The smallest absolute Gasteiger partial charge is 0.409 e. The van der Waals surface area contributed by atoms with E-state index in [1.807, 2.05) is 5.01 Å². The number of aliphatic imine (C=N–C) groups is 1. The first-order valence-electron chi connectivity index (χ1n) is 12.1. The number of thioether (sulfide) groups is 1. The number of nitrogens with one attached hydrogen (secondary N) is 1. The first kappa shape index (κ1) is 28.7. The fourth-order valence-corrected chi connectivity index (χ4v) is 5.81. The van der Waals surface area contributed by atoms with E-state index in [9.17, 15) is 14.0 Å². The molecule has 4 aliphatic heterocycles. The molecule has 198 valence electrons. The molecule has 0 bridgehead atoms. The zero-order valence-corrected chi connectivity index (χ0v) is 22.4. The summed E-state index contributed by atoms with van der Waals surface area (Å²) >= 11 is 1.27. The van der Waals surface area contributed by atoms with E-state index < -0.39 is 11.9 Å². The fraction of sp³-hybridized carbons (Fsp3) is 0.542. The van der Waals surface area contributed by atoms with Gasteiger partial charge in [-0.2, -0.15) is 4.99 Å². The first-order chi connectivity index (χ1) is 16.6. The lowest BCUT2D eigenvalue weighted by molar-refractivity contribution is -0.113. The van der Waals surface area contributed by atoms with Gasteiger partial charge in [0.2, 0.25) is 0 Å². The highest BCUT2D eigenvalue weighted by Crippen LogP contribution is 2.33. The van der Waals surface area contributed by atoms with Crippen molar-refractivity contribution in [3.8, 4) is 5.75 Å². The topological polar surface area (TPSA) is 77.5 Å². The molecule has 5 rings (SSSR count). The van der Waals surface area contributed by atoms with Crippen molar-refractivity contribution in [2.24, 2.45) is 4.99 Å². The predicted octanol–water partition coefficient (Wildman–Crippen LogP) is 4.30. The number of rotatable bonds is 3. The van der Waals surface area contributed by atoms with Gasteiger partial charge in [-0.05, 0) is 81.6 Å². The van der Waals surface area contributed by atoms with Crippen LogP contribution in [0.25, 0.3) is 6.08 Å². The highest BCUT2D eigenvalue weighted by atomic mass is 35.5. The maximum absolute atomic E-state index is 14.0. The summed E-state index contributed by atoms with van der Waals surface area (Å²) in [5.74, 6) is -0.743. The standard InChI is InChI=1S/C24H30FN5O3S.2ClH/c25-18-6-5-17(15-21-22(31)27-23(34-21)30-12-2-1-9-26-30)20(16-18)33-24(32)29-13-7-19(8-14-29)28-10-3-4-11-28;;/h5-6,15-16,19,26H,1-4,7-14H2;2*1H/b21-15+;;. The highest BCUT2D eigenvalue weighted by Gasteiger charge is 2.30. The van der Waals surface area contributed by atoms with Gasteiger partial charge in [-0.25, -0.2) is 14.6 Å². The quantitative estimate of drug-likeness (QED) is 0.553. The molecule has 4 heterocycles. The molecule has 1 aromatic rings. The fourth-order valence-electron chi connectivity index (χ4n) is 4.90. The van der Waals surface area contributed by atoms with E-state index in [2.05, 4.69) is 15.3 Å². The predicted molar refractivity (Wildman–Crippen MR) is 144 cm³/mol. The maximum atomic E-state index is 14.0. The Hall–Kier alpha value is -1.85. The van der Waals surface area contributed by atoms with Crippen LogP contribution in [0.4, 0.5) is 9.18 Å². The molecule has 36 heavy (non-hydrogen) atoms. The van der Waals surface area contributed by atoms with Crippen LogP contribution in [0.5, 0.6) is 5.75 Å². The Bertz CT molecular complexity index is 1010. The van der Waals surface area contributed by atoms with E-state index in [4.69, 9.17) is 4.74 Å². The number of piperidine rings is 1. The van der Waals surface area contributed by atoms with Crippen molar-refractivity contribution in [3.05, 3.63) is 34.5 Å². The third kappa shape index (κ3) is 6.72. The summed E-state index contributed by atoms with van der Waals surface area (Å²) < 4.78 is 19.6. The number of carbonyl (C=O) groups is 2. The van der Waals surface area contributed by atoms with Gasteiger partial charge >= 0.3 is 6.09 Å². The monoisotopic (exact) mass is 559 g/mol.